The summed E-state index contributed by atoms with van der Waals surface area (Å²) in [4.78, 5) is 25.8. The van der Waals surface area contributed by atoms with Gasteiger partial charge >= 0.3 is 0 Å². The van der Waals surface area contributed by atoms with E-state index < -0.39 is 5.82 Å². The molecule has 1 aliphatic rings. The fourth-order valence-electron chi connectivity index (χ4n) is 2.75. The topological polar surface area (TPSA) is 75.4 Å². The van der Waals surface area contributed by atoms with Crippen molar-refractivity contribution in [1.29, 1.82) is 0 Å². The second-order valence-electron chi connectivity index (χ2n) is 5.62. The van der Waals surface area contributed by atoms with E-state index in [1.807, 2.05) is 0 Å². The largest absolute Gasteiger partial charge is 0.354 e. The Labute approximate surface area is 152 Å². The molecule has 0 aliphatic carbocycles. The molecule has 1 aromatic carbocycles. The van der Waals surface area contributed by atoms with E-state index in [4.69, 9.17) is 17.3 Å². The van der Waals surface area contributed by atoms with E-state index in [1.54, 1.807) is 4.90 Å². The molecule has 1 heterocycles. The number of benzene rings is 1. The van der Waals surface area contributed by atoms with Gasteiger partial charge in [-0.3, -0.25) is 9.59 Å². The van der Waals surface area contributed by atoms with Gasteiger partial charge in [0.2, 0.25) is 5.91 Å². The van der Waals surface area contributed by atoms with Gasteiger partial charge in [-0.2, -0.15) is 0 Å². The summed E-state index contributed by atoms with van der Waals surface area (Å²) in [5, 5.41) is 3.04. The fourth-order valence-corrected chi connectivity index (χ4v) is 2.91. The van der Waals surface area contributed by atoms with E-state index in [0.717, 1.165) is 25.3 Å². The zero-order chi connectivity index (χ0) is 16.8. The van der Waals surface area contributed by atoms with Crippen molar-refractivity contribution < 1.29 is 14.0 Å². The van der Waals surface area contributed by atoms with Gasteiger partial charge in [-0.1, -0.05) is 11.6 Å². The number of halogens is 3. The number of nitrogens with zero attached hydrogens (tertiary/aromatic N) is 1. The number of hydrogen-bond acceptors (Lipinski definition) is 3. The standard InChI is InChI=1S/C16H21ClFN3O2.ClH/c17-11-4-5-13(14(18)9-11)16(23)21-8-2-1-3-12(21)10-20-15(22)6-7-19;/h4-5,9,12H,1-3,6-8,10,19H2,(H,20,22);1H. The van der Waals surface area contributed by atoms with Crippen LogP contribution in [0.5, 0.6) is 0 Å². The van der Waals surface area contributed by atoms with Gasteiger partial charge in [0.15, 0.2) is 0 Å². The number of piperidine rings is 1. The van der Waals surface area contributed by atoms with Crippen LogP contribution in [0.2, 0.25) is 5.02 Å². The van der Waals surface area contributed by atoms with E-state index in [2.05, 4.69) is 5.32 Å². The number of rotatable bonds is 5. The average Bonchev–Trinajstić information content (AvgIpc) is 2.53. The van der Waals surface area contributed by atoms with Crippen LogP contribution in [0.1, 0.15) is 36.0 Å². The molecule has 2 amide bonds. The Balaban J connectivity index is 0.00000288. The van der Waals surface area contributed by atoms with Gasteiger partial charge in [-0.05, 0) is 37.5 Å². The van der Waals surface area contributed by atoms with Crippen LogP contribution in [-0.4, -0.2) is 42.4 Å². The molecule has 0 spiro atoms. The Kier molecular flexibility index (Phi) is 8.45. The molecule has 0 aromatic heterocycles. The maximum atomic E-state index is 14.0. The van der Waals surface area contributed by atoms with Crippen LogP contribution in [0.25, 0.3) is 0 Å². The summed E-state index contributed by atoms with van der Waals surface area (Å²) < 4.78 is 14.0. The highest BCUT2D eigenvalue weighted by Crippen LogP contribution is 2.22. The van der Waals surface area contributed by atoms with Gasteiger partial charge in [0.05, 0.1) is 5.56 Å². The molecule has 8 heteroatoms. The van der Waals surface area contributed by atoms with E-state index in [9.17, 15) is 14.0 Å². The first-order valence-corrected chi connectivity index (χ1v) is 8.13. The van der Waals surface area contributed by atoms with Gasteiger partial charge < -0.3 is 16.0 Å². The maximum Gasteiger partial charge on any atom is 0.257 e. The number of likely N-dealkylation sites (tertiary alicyclic amines) is 1. The minimum absolute atomic E-state index is 0. The summed E-state index contributed by atoms with van der Waals surface area (Å²) in [6.07, 6.45) is 2.88. The molecule has 134 valence electrons. The first kappa shape index (κ1) is 20.7. The molecule has 1 aromatic rings. The predicted octanol–water partition coefficient (Wildman–Crippen LogP) is 2.36. The summed E-state index contributed by atoms with van der Waals surface area (Å²) in [5.74, 6) is -1.13. The number of hydrogen-bond donors (Lipinski definition) is 2. The van der Waals surface area contributed by atoms with E-state index in [-0.39, 0.29) is 53.8 Å². The Morgan fingerprint density at radius 2 is 2.12 bits per heavy atom. The molecule has 24 heavy (non-hydrogen) atoms. The third-order valence-electron chi connectivity index (χ3n) is 3.96. The highest BCUT2D eigenvalue weighted by atomic mass is 35.5. The first-order valence-electron chi connectivity index (χ1n) is 7.75. The Hall–Kier alpha value is -1.37. The Bertz CT molecular complexity index is 586. The molecule has 0 saturated carbocycles. The van der Waals surface area contributed by atoms with Gasteiger partial charge in [-0.25, -0.2) is 4.39 Å². The summed E-state index contributed by atoms with van der Waals surface area (Å²) >= 11 is 5.73. The molecule has 0 bridgehead atoms. The number of carbonyl (C=O) groups excluding carboxylic acids is 2. The SMILES string of the molecule is Cl.NCCC(=O)NCC1CCCCN1C(=O)c1ccc(Cl)cc1F. The van der Waals surface area contributed by atoms with Gasteiger partial charge in [0.1, 0.15) is 5.82 Å². The third kappa shape index (κ3) is 5.33. The molecule has 1 aliphatic heterocycles. The molecule has 1 saturated heterocycles. The molecule has 3 N–H and O–H groups in total. The first-order chi connectivity index (χ1) is 11.0. The normalized spacial score (nSPS) is 17.1. The Morgan fingerprint density at radius 3 is 2.79 bits per heavy atom. The monoisotopic (exact) mass is 377 g/mol. The van der Waals surface area contributed by atoms with Crippen molar-refractivity contribution in [3.05, 3.63) is 34.6 Å². The second kappa shape index (κ2) is 9.81. The maximum absolute atomic E-state index is 14.0. The molecule has 1 fully saturated rings. The summed E-state index contributed by atoms with van der Waals surface area (Å²) in [6, 6.07) is 3.91. The fraction of sp³-hybridized carbons (Fsp3) is 0.500. The van der Waals surface area contributed by atoms with E-state index in [0.29, 0.717) is 13.1 Å². The minimum Gasteiger partial charge on any atom is -0.354 e. The third-order valence-corrected chi connectivity index (χ3v) is 4.19. The molecule has 1 unspecified atom stereocenters. The van der Waals surface area contributed by atoms with Gasteiger partial charge in [0.25, 0.3) is 5.91 Å². The smallest absolute Gasteiger partial charge is 0.257 e. The lowest BCUT2D eigenvalue weighted by atomic mass is 10.0. The number of nitrogens with one attached hydrogen (secondary N) is 1. The van der Waals surface area contributed by atoms with Crippen molar-refractivity contribution in [2.45, 2.75) is 31.7 Å². The number of amides is 2. The summed E-state index contributed by atoms with van der Waals surface area (Å²) in [5.41, 5.74) is 5.35. The lowest BCUT2D eigenvalue weighted by Gasteiger charge is -2.36. The Morgan fingerprint density at radius 1 is 1.38 bits per heavy atom. The van der Waals surface area contributed by atoms with Gasteiger partial charge in [0, 0.05) is 37.1 Å². The summed E-state index contributed by atoms with van der Waals surface area (Å²) in [6.45, 7) is 1.20. The highest BCUT2D eigenvalue weighted by Gasteiger charge is 2.29. The molecule has 2 rings (SSSR count). The van der Waals surface area contributed by atoms with Crippen molar-refractivity contribution in [3.8, 4) is 0 Å². The predicted molar refractivity (Wildman–Crippen MR) is 94.0 cm³/mol. The van der Waals surface area contributed by atoms with Gasteiger partial charge in [-0.15, -0.1) is 12.4 Å². The van der Waals surface area contributed by atoms with Crippen LogP contribution < -0.4 is 11.1 Å². The molecule has 5 nitrogen and oxygen atoms in total. The minimum atomic E-state index is -0.626. The lowest BCUT2D eigenvalue weighted by molar-refractivity contribution is -0.121. The van der Waals surface area contributed by atoms with E-state index in [1.165, 1.54) is 12.1 Å². The van der Waals surface area contributed by atoms with E-state index >= 15 is 0 Å². The van der Waals surface area contributed by atoms with Crippen molar-refractivity contribution in [2.75, 3.05) is 19.6 Å². The van der Waals surface area contributed by atoms with Crippen molar-refractivity contribution in [2.24, 2.45) is 5.73 Å². The average molecular weight is 378 g/mol. The second-order valence-corrected chi connectivity index (χ2v) is 6.05. The summed E-state index contributed by atoms with van der Waals surface area (Å²) in [7, 11) is 0. The molecule has 1 atom stereocenters. The quantitative estimate of drug-likeness (QED) is 0.826. The van der Waals surface area contributed by atoms with Crippen LogP contribution in [-0.2, 0) is 4.79 Å². The number of carbonyl (C=O) groups is 2. The molecule has 0 radical (unpaired) electrons. The van der Waals surface area contributed by atoms with Crippen LogP contribution >= 0.6 is 24.0 Å². The van der Waals surface area contributed by atoms with Crippen LogP contribution in [0.3, 0.4) is 0 Å². The van der Waals surface area contributed by atoms with Crippen molar-refractivity contribution in [1.82, 2.24) is 10.2 Å². The highest BCUT2D eigenvalue weighted by molar-refractivity contribution is 6.30. The lowest BCUT2D eigenvalue weighted by Crippen LogP contribution is -2.49. The van der Waals surface area contributed by atoms with Crippen LogP contribution in [0.4, 0.5) is 4.39 Å². The van der Waals surface area contributed by atoms with Crippen LogP contribution in [0, 0.1) is 5.82 Å². The number of nitrogens with two attached hydrogens (primary N) is 1. The molecular formula is C16H22Cl2FN3O2. The zero-order valence-electron chi connectivity index (χ0n) is 13.3. The molecular weight excluding hydrogens is 356 g/mol. The van der Waals surface area contributed by atoms with Crippen LogP contribution in [0.15, 0.2) is 18.2 Å². The van der Waals surface area contributed by atoms with Crippen molar-refractivity contribution >= 4 is 35.8 Å². The zero-order valence-corrected chi connectivity index (χ0v) is 14.8. The van der Waals surface area contributed by atoms with Crippen molar-refractivity contribution in [3.63, 3.8) is 0 Å².